The lowest BCUT2D eigenvalue weighted by molar-refractivity contribution is -0.119. The zero-order valence-electron chi connectivity index (χ0n) is 15.6. The number of ether oxygens (including phenoxy) is 1. The van der Waals surface area contributed by atoms with Crippen LogP contribution in [0.4, 0.5) is 5.69 Å². The zero-order chi connectivity index (χ0) is 20.1. The molecule has 0 unspecified atom stereocenters. The molecule has 1 saturated heterocycles. The number of aromatic nitrogens is 1. The molecule has 1 aliphatic heterocycles. The number of benzene rings is 2. The quantitative estimate of drug-likeness (QED) is 0.366. The second-order valence-corrected chi connectivity index (χ2v) is 9.84. The molecule has 1 amide bonds. The van der Waals surface area contributed by atoms with Gasteiger partial charge >= 0.3 is 0 Å². The van der Waals surface area contributed by atoms with Gasteiger partial charge < -0.3 is 10.1 Å². The Kier molecular flexibility index (Phi) is 6.97. The number of hydrogen-bond donors (Lipinski definition) is 1. The van der Waals surface area contributed by atoms with Crippen LogP contribution in [-0.4, -0.2) is 42.1 Å². The van der Waals surface area contributed by atoms with E-state index in [-0.39, 0.29) is 12.0 Å². The van der Waals surface area contributed by atoms with Crippen molar-refractivity contribution in [3.8, 4) is 0 Å². The minimum Gasteiger partial charge on any atom is -0.376 e. The SMILES string of the molecule is O=C(CSc1nc2ccc(N=Cc3ccc(Br)cc3)cc2s1)NC[C@H]1CCCO1. The van der Waals surface area contributed by atoms with Crippen LogP contribution in [0.1, 0.15) is 18.4 Å². The summed E-state index contributed by atoms with van der Waals surface area (Å²) in [6.07, 6.45) is 4.12. The number of carbonyl (C=O) groups excluding carboxylic acids is 1. The number of carbonyl (C=O) groups is 1. The van der Waals surface area contributed by atoms with Gasteiger partial charge in [0, 0.05) is 23.8 Å². The van der Waals surface area contributed by atoms with Gasteiger partial charge in [0.25, 0.3) is 0 Å². The molecule has 1 N–H and O–H groups in total. The highest BCUT2D eigenvalue weighted by Gasteiger charge is 2.16. The molecule has 1 aliphatic rings. The maximum absolute atomic E-state index is 12.1. The summed E-state index contributed by atoms with van der Waals surface area (Å²) in [5.41, 5.74) is 2.86. The molecule has 0 spiro atoms. The fourth-order valence-corrected chi connectivity index (χ4v) is 5.14. The van der Waals surface area contributed by atoms with E-state index >= 15 is 0 Å². The first-order chi connectivity index (χ1) is 14.2. The fourth-order valence-electron chi connectivity index (χ4n) is 2.94. The first-order valence-electron chi connectivity index (χ1n) is 9.37. The topological polar surface area (TPSA) is 63.6 Å². The highest BCUT2D eigenvalue weighted by atomic mass is 79.9. The fraction of sp³-hybridized carbons (Fsp3) is 0.286. The summed E-state index contributed by atoms with van der Waals surface area (Å²) >= 11 is 6.49. The third-order valence-electron chi connectivity index (χ3n) is 4.46. The van der Waals surface area contributed by atoms with E-state index in [0.717, 1.165) is 49.7 Å². The van der Waals surface area contributed by atoms with Crippen LogP contribution in [0, 0.1) is 0 Å². The number of aliphatic imine (C=N–C) groups is 1. The summed E-state index contributed by atoms with van der Waals surface area (Å²) in [5.74, 6) is 0.380. The van der Waals surface area contributed by atoms with Crippen LogP contribution in [-0.2, 0) is 9.53 Å². The molecule has 1 fully saturated rings. The lowest BCUT2D eigenvalue weighted by Crippen LogP contribution is -2.32. The van der Waals surface area contributed by atoms with Crippen molar-refractivity contribution in [2.75, 3.05) is 18.9 Å². The predicted octanol–water partition coefficient (Wildman–Crippen LogP) is 5.20. The molecule has 8 heteroatoms. The maximum Gasteiger partial charge on any atom is 0.230 e. The Labute approximate surface area is 186 Å². The summed E-state index contributed by atoms with van der Waals surface area (Å²) in [4.78, 5) is 21.2. The second kappa shape index (κ2) is 9.84. The average molecular weight is 490 g/mol. The van der Waals surface area contributed by atoms with Gasteiger partial charge in [0.1, 0.15) is 0 Å². The van der Waals surface area contributed by atoms with Gasteiger partial charge in [-0.05, 0) is 48.7 Å². The van der Waals surface area contributed by atoms with Gasteiger partial charge in [-0.3, -0.25) is 9.79 Å². The molecule has 2 heterocycles. The van der Waals surface area contributed by atoms with E-state index in [4.69, 9.17) is 4.74 Å². The third kappa shape index (κ3) is 5.88. The van der Waals surface area contributed by atoms with Gasteiger partial charge in [-0.15, -0.1) is 11.3 Å². The standard InChI is InChI=1S/C21H20BrN3O2S2/c22-15-5-3-14(4-6-15)11-23-16-7-8-18-19(10-16)29-21(25-18)28-13-20(26)24-12-17-2-1-9-27-17/h3-8,10-11,17H,1-2,9,12-13H2,(H,24,26)/t17-/m1/s1. The summed E-state index contributed by atoms with van der Waals surface area (Å²) in [6.45, 7) is 1.40. The lowest BCUT2D eigenvalue weighted by Gasteiger charge is -2.09. The van der Waals surface area contributed by atoms with E-state index in [1.807, 2.05) is 48.7 Å². The first kappa shape index (κ1) is 20.5. The van der Waals surface area contributed by atoms with Crippen molar-refractivity contribution in [2.24, 2.45) is 4.99 Å². The van der Waals surface area contributed by atoms with Crippen molar-refractivity contribution in [2.45, 2.75) is 23.3 Å². The predicted molar refractivity (Wildman–Crippen MR) is 124 cm³/mol. The first-order valence-corrected chi connectivity index (χ1v) is 12.0. The van der Waals surface area contributed by atoms with Gasteiger partial charge in [0.05, 0.1) is 27.8 Å². The van der Waals surface area contributed by atoms with E-state index in [2.05, 4.69) is 31.2 Å². The van der Waals surface area contributed by atoms with Crippen LogP contribution in [0.15, 0.2) is 56.3 Å². The molecule has 150 valence electrons. The average Bonchev–Trinajstić information content (AvgIpc) is 3.39. The van der Waals surface area contributed by atoms with Crippen molar-refractivity contribution < 1.29 is 9.53 Å². The molecule has 0 radical (unpaired) electrons. The van der Waals surface area contributed by atoms with Crippen molar-refractivity contribution in [3.05, 3.63) is 52.5 Å². The zero-order valence-corrected chi connectivity index (χ0v) is 18.9. The van der Waals surface area contributed by atoms with Crippen LogP contribution in [0.25, 0.3) is 10.2 Å². The van der Waals surface area contributed by atoms with Crippen LogP contribution >= 0.6 is 39.0 Å². The van der Waals surface area contributed by atoms with Crippen molar-refractivity contribution >= 4 is 67.1 Å². The van der Waals surface area contributed by atoms with Crippen molar-refractivity contribution in [3.63, 3.8) is 0 Å². The number of nitrogens with one attached hydrogen (secondary N) is 1. The molecular weight excluding hydrogens is 470 g/mol. The van der Waals surface area contributed by atoms with Crippen LogP contribution < -0.4 is 5.32 Å². The Morgan fingerprint density at radius 2 is 2.21 bits per heavy atom. The highest BCUT2D eigenvalue weighted by Crippen LogP contribution is 2.32. The monoisotopic (exact) mass is 489 g/mol. The number of thioether (sulfide) groups is 1. The summed E-state index contributed by atoms with van der Waals surface area (Å²) in [7, 11) is 0. The molecule has 1 atom stereocenters. The van der Waals surface area contributed by atoms with Crippen LogP contribution in [0.2, 0.25) is 0 Å². The van der Waals surface area contributed by atoms with E-state index in [1.54, 1.807) is 11.3 Å². The normalized spacial score (nSPS) is 16.7. The molecule has 5 nitrogen and oxygen atoms in total. The number of amides is 1. The summed E-state index contributed by atoms with van der Waals surface area (Å²) < 4.78 is 8.53. The highest BCUT2D eigenvalue weighted by molar-refractivity contribution is 9.10. The number of nitrogens with zero attached hydrogens (tertiary/aromatic N) is 2. The van der Waals surface area contributed by atoms with Gasteiger partial charge in [-0.1, -0.05) is 39.8 Å². The lowest BCUT2D eigenvalue weighted by atomic mass is 10.2. The minimum absolute atomic E-state index is 0.0181. The van der Waals surface area contributed by atoms with Gasteiger partial charge in [-0.25, -0.2) is 4.98 Å². The van der Waals surface area contributed by atoms with E-state index < -0.39 is 0 Å². The maximum atomic E-state index is 12.1. The Hall–Kier alpha value is -1.74. The van der Waals surface area contributed by atoms with Gasteiger partial charge in [-0.2, -0.15) is 0 Å². The smallest absolute Gasteiger partial charge is 0.230 e. The van der Waals surface area contributed by atoms with E-state index in [0.29, 0.717) is 12.3 Å². The number of fused-ring (bicyclic) bond motifs is 1. The Balaban J connectivity index is 1.34. The molecule has 3 aromatic rings. The van der Waals surface area contributed by atoms with E-state index in [9.17, 15) is 4.79 Å². The Morgan fingerprint density at radius 1 is 1.34 bits per heavy atom. The molecule has 4 rings (SSSR count). The minimum atomic E-state index is 0.0181. The number of thiazole rings is 1. The second-order valence-electron chi connectivity index (χ2n) is 6.67. The molecular formula is C21H20BrN3O2S2. The molecule has 1 aromatic heterocycles. The Bertz CT molecular complexity index is 1010. The molecule has 29 heavy (non-hydrogen) atoms. The van der Waals surface area contributed by atoms with Crippen molar-refractivity contribution in [1.82, 2.24) is 10.3 Å². The summed E-state index contributed by atoms with van der Waals surface area (Å²) in [6, 6.07) is 14.0. The molecule has 0 saturated carbocycles. The van der Waals surface area contributed by atoms with Crippen LogP contribution in [0.5, 0.6) is 0 Å². The number of halogens is 1. The number of rotatable bonds is 7. The van der Waals surface area contributed by atoms with Crippen molar-refractivity contribution in [1.29, 1.82) is 0 Å². The largest absolute Gasteiger partial charge is 0.376 e. The van der Waals surface area contributed by atoms with Gasteiger partial charge in [0.2, 0.25) is 5.91 Å². The molecule has 0 aliphatic carbocycles. The third-order valence-corrected chi connectivity index (χ3v) is 7.15. The Morgan fingerprint density at radius 3 is 3.00 bits per heavy atom. The van der Waals surface area contributed by atoms with Crippen LogP contribution in [0.3, 0.4) is 0 Å². The van der Waals surface area contributed by atoms with E-state index in [1.165, 1.54) is 11.8 Å². The summed E-state index contributed by atoms with van der Waals surface area (Å²) in [5, 5.41) is 2.94. The van der Waals surface area contributed by atoms with Gasteiger partial charge in [0.15, 0.2) is 4.34 Å². The molecule has 0 bridgehead atoms. The number of hydrogen-bond acceptors (Lipinski definition) is 6. The molecule has 2 aromatic carbocycles.